The Hall–Kier alpha value is -1.14. The zero-order valence-electron chi connectivity index (χ0n) is 17.1. The molecule has 1 atom stereocenters. The summed E-state index contributed by atoms with van der Waals surface area (Å²) in [4.78, 5) is 0. The van der Waals surface area contributed by atoms with Crippen LogP contribution in [-0.2, 0) is 23.1 Å². The van der Waals surface area contributed by atoms with Crippen molar-refractivity contribution in [3.05, 3.63) is 59.1 Å². The zero-order chi connectivity index (χ0) is 21.0. The van der Waals surface area contributed by atoms with Crippen LogP contribution in [0.1, 0.15) is 24.8 Å². The maximum atomic E-state index is 10.5. The molecule has 2 fully saturated rings. The van der Waals surface area contributed by atoms with Crippen molar-refractivity contribution in [1.29, 1.82) is 0 Å². The van der Waals surface area contributed by atoms with Crippen molar-refractivity contribution in [2.24, 2.45) is 0 Å². The molecule has 2 heterocycles. The summed E-state index contributed by atoms with van der Waals surface area (Å²) in [6.45, 7) is 3.35. The number of anilines is 1. The summed E-state index contributed by atoms with van der Waals surface area (Å²) >= 11 is 12.8. The molecule has 0 aliphatic carbocycles. The van der Waals surface area contributed by atoms with Gasteiger partial charge in [0.05, 0.1) is 19.8 Å². The van der Waals surface area contributed by atoms with Gasteiger partial charge in [0, 0.05) is 42.5 Å². The first kappa shape index (κ1) is 22.1. The second-order valence-corrected chi connectivity index (χ2v) is 12.3. The Morgan fingerprint density at radius 2 is 1.57 bits per heavy atom. The third-order valence-electron chi connectivity index (χ3n) is 5.81. The van der Waals surface area contributed by atoms with Gasteiger partial charge in [-0.15, -0.1) is 0 Å². The number of ether oxygens (including phenoxy) is 1. The van der Waals surface area contributed by atoms with E-state index >= 15 is 0 Å². The van der Waals surface area contributed by atoms with Gasteiger partial charge >= 0.3 is 0 Å². The summed E-state index contributed by atoms with van der Waals surface area (Å²) in [5, 5.41) is 11.2. The van der Waals surface area contributed by atoms with Crippen LogP contribution in [0.15, 0.2) is 48.5 Å². The smallest absolute Gasteiger partial charge is 0.170 e. The standard InChI is InChI=1S/C22H29ClN3O2PS/c23-20-8-10-21(11-9-20)26(18-19-6-2-3-7-22(19)27)29(30,24-12-4-1-5-13-24)25-14-16-28-17-15-25/h2-3,6-11,27H,1,4-5,12-18H2. The Kier molecular flexibility index (Phi) is 7.35. The van der Waals surface area contributed by atoms with E-state index in [-0.39, 0.29) is 0 Å². The van der Waals surface area contributed by atoms with E-state index in [0.717, 1.165) is 37.4 Å². The van der Waals surface area contributed by atoms with Gasteiger partial charge in [0.15, 0.2) is 6.49 Å². The second kappa shape index (κ2) is 9.99. The van der Waals surface area contributed by atoms with Gasteiger partial charge in [-0.05, 0) is 55.0 Å². The number of phenols is 1. The van der Waals surface area contributed by atoms with Crippen LogP contribution >= 0.6 is 18.1 Å². The number of halogens is 1. The molecular weight excluding hydrogens is 437 g/mol. The topological polar surface area (TPSA) is 39.2 Å². The molecule has 0 radical (unpaired) electrons. The normalized spacial score (nSPS) is 20.6. The van der Waals surface area contributed by atoms with Gasteiger partial charge in [-0.3, -0.25) is 0 Å². The number of nitrogens with zero attached hydrogens (tertiary/aromatic N) is 3. The number of para-hydroxylation sites is 1. The summed E-state index contributed by atoms with van der Waals surface area (Å²) in [6.07, 6.45) is 3.61. The average Bonchev–Trinajstić information content (AvgIpc) is 2.80. The molecule has 1 unspecified atom stereocenters. The van der Waals surface area contributed by atoms with Crippen LogP contribution in [0.5, 0.6) is 5.75 Å². The van der Waals surface area contributed by atoms with Crippen molar-refractivity contribution < 1.29 is 9.84 Å². The highest BCUT2D eigenvalue weighted by atomic mass is 35.5. The highest BCUT2D eigenvalue weighted by Crippen LogP contribution is 2.60. The van der Waals surface area contributed by atoms with E-state index in [4.69, 9.17) is 28.1 Å². The molecular formula is C22H29ClN3O2PS. The van der Waals surface area contributed by atoms with Gasteiger partial charge in [0.25, 0.3) is 0 Å². The number of benzene rings is 2. The van der Waals surface area contributed by atoms with Crippen LogP contribution in [0.2, 0.25) is 5.02 Å². The van der Waals surface area contributed by atoms with Gasteiger partial charge in [-0.25, -0.2) is 9.34 Å². The fourth-order valence-corrected chi connectivity index (χ4v) is 8.98. The summed E-state index contributed by atoms with van der Waals surface area (Å²) < 4.78 is 13.0. The molecule has 1 N–H and O–H groups in total. The predicted molar refractivity (Wildman–Crippen MR) is 128 cm³/mol. The minimum Gasteiger partial charge on any atom is -0.508 e. The Labute approximate surface area is 189 Å². The number of aromatic hydroxyl groups is 1. The van der Waals surface area contributed by atoms with E-state index < -0.39 is 6.49 Å². The molecule has 0 amide bonds. The summed E-state index contributed by atoms with van der Waals surface area (Å²) in [6, 6.07) is 15.5. The van der Waals surface area contributed by atoms with Crippen LogP contribution in [-0.4, -0.2) is 53.8 Å². The number of hydrogen-bond donors (Lipinski definition) is 1. The highest BCUT2D eigenvalue weighted by Gasteiger charge is 2.40. The lowest BCUT2D eigenvalue weighted by Gasteiger charge is -2.51. The number of phenolic OH excluding ortho intramolecular Hbond substituents is 1. The van der Waals surface area contributed by atoms with E-state index in [9.17, 15) is 5.11 Å². The summed E-state index contributed by atoms with van der Waals surface area (Å²) in [5.41, 5.74) is 1.93. The van der Waals surface area contributed by atoms with Crippen molar-refractivity contribution in [3.8, 4) is 5.75 Å². The Balaban J connectivity index is 1.80. The maximum Gasteiger partial charge on any atom is 0.170 e. The lowest BCUT2D eigenvalue weighted by Crippen LogP contribution is -2.46. The molecule has 0 bridgehead atoms. The molecule has 4 rings (SSSR count). The second-order valence-electron chi connectivity index (χ2n) is 7.76. The van der Waals surface area contributed by atoms with E-state index in [2.05, 4.69) is 14.0 Å². The molecule has 2 saturated heterocycles. The SMILES string of the molecule is Oc1ccccc1CN(c1ccc(Cl)cc1)P(=S)(N1CCCCC1)N1CCOCC1. The van der Waals surface area contributed by atoms with E-state index in [1.54, 1.807) is 6.07 Å². The Morgan fingerprint density at radius 1 is 0.933 bits per heavy atom. The zero-order valence-corrected chi connectivity index (χ0v) is 19.6. The molecule has 0 saturated carbocycles. The van der Waals surface area contributed by atoms with Crippen LogP contribution in [0.3, 0.4) is 0 Å². The molecule has 2 aromatic carbocycles. The maximum absolute atomic E-state index is 10.5. The highest BCUT2D eigenvalue weighted by molar-refractivity contribution is 8.13. The molecule has 2 aliphatic heterocycles. The predicted octanol–water partition coefficient (Wildman–Crippen LogP) is 5.09. The molecule has 5 nitrogen and oxygen atoms in total. The minimum atomic E-state index is -2.30. The van der Waals surface area contributed by atoms with Gasteiger partial charge in [0.2, 0.25) is 0 Å². The molecule has 0 spiro atoms. The molecule has 30 heavy (non-hydrogen) atoms. The summed E-state index contributed by atoms with van der Waals surface area (Å²) in [5.74, 6) is 0.304. The van der Waals surface area contributed by atoms with Gasteiger partial charge < -0.3 is 14.5 Å². The third-order valence-corrected chi connectivity index (χ3v) is 11.3. The fourth-order valence-electron chi connectivity index (χ4n) is 4.19. The lowest BCUT2D eigenvalue weighted by atomic mass is 10.2. The number of hydrogen-bond acceptors (Lipinski definition) is 3. The number of piperidine rings is 1. The average molecular weight is 466 g/mol. The van der Waals surface area contributed by atoms with Crippen LogP contribution < -0.4 is 4.67 Å². The Bertz CT molecular complexity index is 864. The summed E-state index contributed by atoms with van der Waals surface area (Å²) in [7, 11) is 0. The minimum absolute atomic E-state index is 0.304. The first-order chi connectivity index (χ1) is 14.6. The van der Waals surface area contributed by atoms with Crippen molar-refractivity contribution in [2.45, 2.75) is 25.8 Å². The Morgan fingerprint density at radius 3 is 2.23 bits per heavy atom. The molecule has 0 aromatic heterocycles. The van der Waals surface area contributed by atoms with E-state index in [0.29, 0.717) is 30.5 Å². The van der Waals surface area contributed by atoms with Crippen molar-refractivity contribution in [2.75, 3.05) is 44.1 Å². The molecule has 162 valence electrons. The molecule has 2 aromatic rings. The van der Waals surface area contributed by atoms with E-state index in [1.807, 2.05) is 42.5 Å². The fraction of sp³-hybridized carbons (Fsp3) is 0.455. The molecule has 2 aliphatic rings. The van der Waals surface area contributed by atoms with Crippen molar-refractivity contribution in [3.63, 3.8) is 0 Å². The van der Waals surface area contributed by atoms with Gasteiger partial charge in [0.1, 0.15) is 5.75 Å². The first-order valence-electron chi connectivity index (χ1n) is 10.6. The van der Waals surface area contributed by atoms with Gasteiger partial charge in [-0.2, -0.15) is 0 Å². The van der Waals surface area contributed by atoms with Crippen LogP contribution in [0.25, 0.3) is 0 Å². The van der Waals surface area contributed by atoms with Crippen LogP contribution in [0, 0.1) is 0 Å². The monoisotopic (exact) mass is 465 g/mol. The van der Waals surface area contributed by atoms with Crippen molar-refractivity contribution in [1.82, 2.24) is 9.34 Å². The first-order valence-corrected chi connectivity index (χ1v) is 13.6. The van der Waals surface area contributed by atoms with Crippen molar-refractivity contribution >= 4 is 35.6 Å². The van der Waals surface area contributed by atoms with Gasteiger partial charge in [-0.1, -0.05) is 36.2 Å². The van der Waals surface area contributed by atoms with E-state index in [1.165, 1.54) is 19.3 Å². The third kappa shape index (κ3) is 4.69. The molecule has 8 heteroatoms. The quantitative estimate of drug-likeness (QED) is 0.599. The number of morpholine rings is 1. The lowest BCUT2D eigenvalue weighted by molar-refractivity contribution is 0.0715. The van der Waals surface area contributed by atoms with Crippen LogP contribution in [0.4, 0.5) is 5.69 Å². The number of rotatable bonds is 6. The largest absolute Gasteiger partial charge is 0.508 e.